The van der Waals surface area contributed by atoms with E-state index in [9.17, 15) is 79.2 Å². The zero-order valence-electron chi connectivity index (χ0n) is 74.2. The summed E-state index contributed by atoms with van der Waals surface area (Å²) in [6, 6.07) is 77.2. The first-order valence-corrected chi connectivity index (χ1v) is 40.5. The monoisotopic (exact) mass is 1820 g/mol. The number of phenols is 8. The number of methoxy groups -OCH3 is 2. The number of rotatable bonds is 25. The number of aliphatic hydroxyl groups excluding tert-OH is 1. The standard InChI is InChI=1S/C18H18O4.C17H16O4.C16H14O4.C15H12O4.C11H14O3.C10H12O3.C9H10O3.C8H8O3.CH4/c1-12(2)21-13(3)14-8-5-7-11-17(14)22-18(20)15-9-4-6-10-16(15)19;1-3-20-12(2)13-8-5-7-11-16(13)21-17(19)14-9-4-6-10-15(14)18;1-11(19-2)12-7-4-6-10-15(12)20-16(18)13-8-3-5-9-14(13)17;1-10(16)11-6-3-5-9-14(11)19-15(18)12-7-2-4-8-13(12)17;1-8(2)7-14-11(13)9-5-3-4-6-10(9)12;1-7(2)13-10(12)8-5-3-4-6-9(8)11;1-2-12-9(11)7-5-3-4-6-8(7)10;1-11-8(10)6-4-2-3-5-7(6)9;/h4-12,19H,3H2,1-2H3;4-11,18H,2-3H2,1H3;3-10,17H,1H2,2H3;2-9,16-17H,1H2;3-6,8,12H,7H2,1-2H3;3-7,11H,1-2H3;3-6,10H,2H2,1H3;2-5,9H,1H3;1H4. The van der Waals surface area contributed by atoms with Crippen molar-refractivity contribution in [3.05, 3.63) is 384 Å². The smallest absolute Gasteiger partial charge is 0.347 e. The van der Waals surface area contributed by atoms with E-state index in [1.807, 2.05) is 40.7 Å². The summed E-state index contributed by atoms with van der Waals surface area (Å²) in [4.78, 5) is 92.9. The maximum Gasteiger partial charge on any atom is 0.347 e. The number of benzene rings is 12. The van der Waals surface area contributed by atoms with Crippen LogP contribution in [-0.4, -0.2) is 140 Å². The molecule has 12 rings (SSSR count). The van der Waals surface area contributed by atoms with Gasteiger partial charge in [-0.05, 0) is 193 Å². The number of hydrogen-bond acceptors (Lipinski definition) is 28. The Morgan fingerprint density at radius 3 is 0.722 bits per heavy atom. The third-order valence-electron chi connectivity index (χ3n) is 16.9. The fourth-order valence-corrected chi connectivity index (χ4v) is 10.6. The molecule has 28 nitrogen and oxygen atoms in total. The summed E-state index contributed by atoms with van der Waals surface area (Å²) >= 11 is 0. The molecule has 28 heteroatoms. The highest BCUT2D eigenvalue weighted by molar-refractivity contribution is 5.98. The van der Waals surface area contributed by atoms with Gasteiger partial charge in [-0.15, -0.1) is 0 Å². The molecule has 0 atom stereocenters. The lowest BCUT2D eigenvalue weighted by Crippen LogP contribution is -2.11. The Kier molecular flexibility index (Phi) is 46.3. The van der Waals surface area contributed by atoms with Gasteiger partial charge in [0, 0.05) is 0 Å². The molecule has 133 heavy (non-hydrogen) atoms. The number of ether oxygens (including phenoxy) is 11. The summed E-state index contributed by atoms with van der Waals surface area (Å²) < 4.78 is 56.1. The normalized spacial score (nSPS) is 9.84. The molecule has 0 aromatic heterocycles. The van der Waals surface area contributed by atoms with Gasteiger partial charge < -0.3 is 98.1 Å². The molecule has 0 aliphatic carbocycles. The van der Waals surface area contributed by atoms with Crippen LogP contribution in [0.15, 0.2) is 318 Å². The summed E-state index contributed by atoms with van der Waals surface area (Å²) in [5.74, 6) is -2.78. The first-order chi connectivity index (χ1) is 63.1. The predicted octanol–water partition coefficient (Wildman–Crippen LogP) is 21.5. The lowest BCUT2D eigenvalue weighted by atomic mass is 10.1. The molecule has 0 heterocycles. The molecule has 0 fully saturated rings. The summed E-state index contributed by atoms with van der Waals surface area (Å²) in [5, 5.41) is 85.0. The number of aromatic hydroxyl groups is 8. The minimum Gasteiger partial charge on any atom is -0.508 e. The van der Waals surface area contributed by atoms with Crippen LogP contribution < -0.4 is 18.9 Å². The molecule has 9 N–H and O–H groups in total. The average Bonchev–Trinajstić information content (AvgIpc) is 0.830. The Labute approximate surface area is 771 Å². The lowest BCUT2D eigenvalue weighted by Gasteiger charge is -2.15. The van der Waals surface area contributed by atoms with E-state index in [-0.39, 0.29) is 122 Å². The quantitative estimate of drug-likeness (QED) is 0.0111. The molecule has 12 aromatic carbocycles. The van der Waals surface area contributed by atoms with Gasteiger partial charge in [0.2, 0.25) is 0 Å². The molecule has 0 spiro atoms. The molecule has 0 aliphatic heterocycles. The summed E-state index contributed by atoms with van der Waals surface area (Å²) in [6.07, 6.45) is -0.207. The second-order valence-corrected chi connectivity index (χ2v) is 27.9. The van der Waals surface area contributed by atoms with E-state index in [4.69, 9.17) is 52.5 Å². The van der Waals surface area contributed by atoms with E-state index in [1.54, 1.807) is 203 Å². The minimum atomic E-state index is -0.702. The molecular formula is C105H108O28. The van der Waals surface area contributed by atoms with E-state index < -0.39 is 47.8 Å². The first kappa shape index (κ1) is 108. The van der Waals surface area contributed by atoms with Crippen molar-refractivity contribution >= 4 is 70.8 Å². The fraction of sp³-hybridized carbons (Fsp3) is 0.162. The molecule has 0 saturated carbocycles. The van der Waals surface area contributed by atoms with E-state index >= 15 is 0 Å². The molecule has 696 valence electrons. The second kappa shape index (κ2) is 56.9. The minimum absolute atomic E-state index is 0. The molecule has 0 aliphatic rings. The van der Waals surface area contributed by atoms with Gasteiger partial charge in [-0.3, -0.25) is 0 Å². The first-order valence-electron chi connectivity index (χ1n) is 40.5. The number of hydrogen-bond donors (Lipinski definition) is 9. The fourth-order valence-electron chi connectivity index (χ4n) is 10.6. The summed E-state index contributed by atoms with van der Waals surface area (Å²) in [7, 11) is 2.76. The molecule has 0 unspecified atom stereocenters. The SMILES string of the molecule is C.C=C(O)c1ccccc1OC(=O)c1ccccc1O.C=C(OC(C)C)c1ccccc1OC(=O)c1ccccc1O.C=C(OC)c1ccccc1OC(=O)c1ccccc1O.C=C(OCC)c1ccccc1OC(=O)c1ccccc1O.CC(C)COC(=O)c1ccccc1O.CC(C)OC(=O)c1ccccc1O.CCOC(=O)c1ccccc1O.COC(=O)c1ccccc1O. The van der Waals surface area contributed by atoms with E-state index in [0.29, 0.717) is 82.5 Å². The summed E-state index contributed by atoms with van der Waals surface area (Å²) in [6.45, 7) is 30.7. The van der Waals surface area contributed by atoms with Gasteiger partial charge in [0.15, 0.2) is 0 Å². The van der Waals surface area contributed by atoms with E-state index in [1.165, 1.54) is 117 Å². The molecule has 0 radical (unpaired) electrons. The van der Waals surface area contributed by atoms with Crippen LogP contribution in [0.25, 0.3) is 23.0 Å². The van der Waals surface area contributed by atoms with Crippen molar-refractivity contribution in [1.82, 2.24) is 0 Å². The van der Waals surface area contributed by atoms with Gasteiger partial charge in [-0.25, -0.2) is 38.4 Å². The predicted molar refractivity (Wildman–Crippen MR) is 504 cm³/mol. The second-order valence-electron chi connectivity index (χ2n) is 27.9. The van der Waals surface area contributed by atoms with Crippen LogP contribution in [0.3, 0.4) is 0 Å². The van der Waals surface area contributed by atoms with Crippen LogP contribution in [0.4, 0.5) is 0 Å². The van der Waals surface area contributed by atoms with Gasteiger partial charge in [0.05, 0.1) is 68.5 Å². The Morgan fingerprint density at radius 1 is 0.256 bits per heavy atom. The number of esters is 8. The maximum atomic E-state index is 12.2. The van der Waals surface area contributed by atoms with Crippen molar-refractivity contribution < 1.29 is 136 Å². The van der Waals surface area contributed by atoms with Crippen LogP contribution in [-0.2, 0) is 33.2 Å². The Balaban J connectivity index is 0.000000321. The van der Waals surface area contributed by atoms with E-state index in [2.05, 4.69) is 31.1 Å². The van der Waals surface area contributed by atoms with Crippen LogP contribution in [0, 0.1) is 5.92 Å². The topological polar surface area (TPSA) is 420 Å². The maximum absolute atomic E-state index is 12.2. The van der Waals surface area contributed by atoms with Crippen LogP contribution in [0.5, 0.6) is 69.0 Å². The van der Waals surface area contributed by atoms with Crippen molar-refractivity contribution in [3.8, 4) is 69.0 Å². The van der Waals surface area contributed by atoms with Crippen LogP contribution >= 0.6 is 0 Å². The molecule has 0 saturated heterocycles. The van der Waals surface area contributed by atoms with Crippen molar-refractivity contribution in [3.63, 3.8) is 0 Å². The highest BCUT2D eigenvalue weighted by atomic mass is 16.6. The van der Waals surface area contributed by atoms with Gasteiger partial charge in [-0.2, -0.15) is 0 Å². The van der Waals surface area contributed by atoms with E-state index in [0.717, 1.165) is 0 Å². The van der Waals surface area contributed by atoms with Crippen molar-refractivity contribution in [2.24, 2.45) is 5.92 Å². The zero-order chi connectivity index (χ0) is 97.4. The number of carbonyl (C=O) groups is 8. The number of phenolic OH excluding ortho intramolecular Hbond substituents is 8. The summed E-state index contributed by atoms with van der Waals surface area (Å²) in [5.41, 5.74) is 3.29. The zero-order valence-corrected chi connectivity index (χ0v) is 74.2. The van der Waals surface area contributed by atoms with Gasteiger partial charge in [-0.1, -0.05) is 193 Å². The van der Waals surface area contributed by atoms with Crippen molar-refractivity contribution in [2.45, 2.75) is 75.0 Å². The van der Waals surface area contributed by atoms with Crippen molar-refractivity contribution in [2.75, 3.05) is 34.0 Å². The molecule has 12 aromatic rings. The highest BCUT2D eigenvalue weighted by Gasteiger charge is 2.23. The number of aliphatic hydroxyl groups is 1. The Morgan fingerprint density at radius 2 is 0.474 bits per heavy atom. The molecule has 0 amide bonds. The van der Waals surface area contributed by atoms with Crippen LogP contribution in [0.2, 0.25) is 0 Å². The van der Waals surface area contributed by atoms with Crippen molar-refractivity contribution in [1.29, 1.82) is 0 Å². The van der Waals surface area contributed by atoms with Gasteiger partial charge in [0.25, 0.3) is 0 Å². The lowest BCUT2D eigenvalue weighted by molar-refractivity contribution is 0.0371. The third-order valence-corrected chi connectivity index (χ3v) is 16.9. The number of para-hydroxylation sites is 12. The Hall–Kier alpha value is -17.0. The molecular weight excluding hydrogens is 1710 g/mol. The Bertz CT molecular complexity index is 5890. The largest absolute Gasteiger partial charge is 0.508 e. The third kappa shape index (κ3) is 36.0. The average molecular weight is 1820 g/mol. The molecule has 0 bridgehead atoms. The van der Waals surface area contributed by atoms with Crippen LogP contribution in [0.1, 0.15) is 168 Å². The highest BCUT2D eigenvalue weighted by Crippen LogP contribution is 2.33. The van der Waals surface area contributed by atoms with Gasteiger partial charge in [0.1, 0.15) is 137 Å². The van der Waals surface area contributed by atoms with Gasteiger partial charge >= 0.3 is 47.8 Å². The number of carbonyl (C=O) groups excluding carboxylic acids is 8.